The molecule has 3 aliphatic rings. The molecule has 0 spiro atoms. The fraction of sp³-hybridized carbons (Fsp3) is 0.700. The number of rotatable bonds is 9. The highest BCUT2D eigenvalue weighted by atomic mass is 32.2. The molecule has 3 aliphatic heterocycles. The van der Waals surface area contributed by atoms with Crippen LogP contribution in [-0.2, 0) is 19.2 Å². The number of β-lactam (4-membered cyclic amide) rings is 1. The van der Waals surface area contributed by atoms with E-state index in [2.05, 4.69) is 10.6 Å². The molecule has 0 aromatic heterocycles. The van der Waals surface area contributed by atoms with Crippen LogP contribution in [0.5, 0.6) is 0 Å². The summed E-state index contributed by atoms with van der Waals surface area (Å²) in [7, 11) is 0. The van der Waals surface area contributed by atoms with E-state index in [1.165, 1.54) is 23.6 Å². The van der Waals surface area contributed by atoms with Crippen molar-refractivity contribution in [3.8, 4) is 0 Å². The zero-order valence-electron chi connectivity index (χ0n) is 17.4. The van der Waals surface area contributed by atoms with E-state index in [1.807, 2.05) is 13.8 Å². The molecule has 3 rings (SSSR count). The molecular weight excluding hydrogens is 410 g/mol. The molecule has 30 heavy (non-hydrogen) atoms. The Morgan fingerprint density at radius 2 is 2.07 bits per heavy atom. The first-order valence-electron chi connectivity index (χ1n) is 10.3. The maximum Gasteiger partial charge on any atom is 0.353 e. The Kier molecular flexibility index (Phi) is 6.88. The standard InChI is InChI=1S/C20H29N3O6S/c1-9(6-10(2)25)14-15-11(3)17(16(20(28)29)23(15)19(14)27)30-12-7-13(22-8-12)18(26)21-4-5-24/h9,11-15,22,24H,4-8H2,1-3H3,(H,21,26)(H,28,29)/t9-,11+,12-,13-,14+,15+/m0/s1. The van der Waals surface area contributed by atoms with E-state index in [0.717, 1.165) is 0 Å². The minimum atomic E-state index is -1.12. The van der Waals surface area contributed by atoms with Crippen LogP contribution >= 0.6 is 11.8 Å². The number of aliphatic hydroxyl groups excluding tert-OH is 1. The monoisotopic (exact) mass is 439 g/mol. The zero-order chi connectivity index (χ0) is 22.2. The first-order valence-corrected chi connectivity index (χ1v) is 11.1. The number of nitrogens with zero attached hydrogens (tertiary/aromatic N) is 1. The van der Waals surface area contributed by atoms with Gasteiger partial charge in [0.2, 0.25) is 11.8 Å². The number of ketones is 1. The number of carboxylic acids is 1. The second-order valence-corrected chi connectivity index (χ2v) is 9.71. The van der Waals surface area contributed by atoms with Crippen LogP contribution in [0.15, 0.2) is 10.6 Å². The number of nitrogens with one attached hydrogen (secondary N) is 2. The lowest BCUT2D eigenvalue weighted by Gasteiger charge is -2.47. The van der Waals surface area contributed by atoms with E-state index in [9.17, 15) is 24.3 Å². The molecule has 0 bridgehead atoms. The maximum atomic E-state index is 12.8. The van der Waals surface area contributed by atoms with Gasteiger partial charge < -0.3 is 30.5 Å². The van der Waals surface area contributed by atoms with Gasteiger partial charge in [0.25, 0.3) is 0 Å². The number of hydrogen-bond acceptors (Lipinski definition) is 7. The molecule has 9 nitrogen and oxygen atoms in total. The Bertz CT molecular complexity index is 785. The van der Waals surface area contributed by atoms with Crippen LogP contribution < -0.4 is 10.6 Å². The number of hydrogen-bond donors (Lipinski definition) is 4. The van der Waals surface area contributed by atoms with Crippen LogP contribution in [0.25, 0.3) is 0 Å². The largest absolute Gasteiger partial charge is 0.477 e. The smallest absolute Gasteiger partial charge is 0.353 e. The van der Waals surface area contributed by atoms with Crippen LogP contribution in [0.4, 0.5) is 0 Å². The lowest BCUT2D eigenvalue weighted by Crippen LogP contribution is -2.62. The van der Waals surface area contributed by atoms with Gasteiger partial charge in [-0.05, 0) is 19.3 Å². The molecule has 0 radical (unpaired) electrons. The number of carboxylic acid groups (broad SMARTS) is 1. The summed E-state index contributed by atoms with van der Waals surface area (Å²) in [5.74, 6) is -2.14. The van der Waals surface area contributed by atoms with Crippen molar-refractivity contribution >= 4 is 35.3 Å². The van der Waals surface area contributed by atoms with E-state index in [1.54, 1.807) is 0 Å². The fourth-order valence-electron chi connectivity index (χ4n) is 4.82. The number of fused-ring (bicyclic) bond motifs is 1. The number of thioether (sulfide) groups is 1. The third kappa shape index (κ3) is 4.13. The SMILES string of the molecule is CC(=O)C[C@H](C)[C@H]1C(=O)N2C(C(=O)O)=C(S[C@@H]3CN[C@H](C(=O)NCCO)C3)[C@H](C)[C@H]12. The van der Waals surface area contributed by atoms with Crippen molar-refractivity contribution in [3.63, 3.8) is 0 Å². The Morgan fingerprint density at radius 1 is 1.37 bits per heavy atom. The van der Waals surface area contributed by atoms with Gasteiger partial charge in [-0.1, -0.05) is 13.8 Å². The number of carbonyl (C=O) groups is 4. The normalized spacial score (nSPS) is 31.4. The van der Waals surface area contributed by atoms with E-state index in [-0.39, 0.29) is 71.5 Å². The highest BCUT2D eigenvalue weighted by Gasteiger charge is 2.60. The van der Waals surface area contributed by atoms with E-state index in [0.29, 0.717) is 24.3 Å². The number of amides is 2. The van der Waals surface area contributed by atoms with E-state index < -0.39 is 5.97 Å². The third-order valence-electron chi connectivity index (χ3n) is 6.13. The first-order chi connectivity index (χ1) is 14.2. The predicted octanol–water partition coefficient (Wildman–Crippen LogP) is -0.0533. The summed E-state index contributed by atoms with van der Waals surface area (Å²) in [6.07, 6.45) is 0.837. The molecule has 3 heterocycles. The molecule has 0 aromatic rings. The second-order valence-electron chi connectivity index (χ2n) is 8.37. The summed E-state index contributed by atoms with van der Waals surface area (Å²) in [6.45, 7) is 5.92. The predicted molar refractivity (Wildman–Crippen MR) is 110 cm³/mol. The number of carbonyl (C=O) groups excluding carboxylic acids is 3. The molecule has 10 heteroatoms. The number of Topliss-reactive ketones (excluding diaryl/α,β-unsaturated/α-hetero) is 1. The van der Waals surface area contributed by atoms with Gasteiger partial charge in [0, 0.05) is 35.6 Å². The number of aliphatic hydroxyl groups is 1. The molecule has 166 valence electrons. The van der Waals surface area contributed by atoms with Gasteiger partial charge in [-0.15, -0.1) is 11.8 Å². The Morgan fingerprint density at radius 3 is 2.67 bits per heavy atom. The van der Waals surface area contributed by atoms with Gasteiger partial charge in [-0.25, -0.2) is 4.79 Å². The highest BCUT2D eigenvalue weighted by molar-refractivity contribution is 8.03. The van der Waals surface area contributed by atoms with Gasteiger partial charge in [-0.2, -0.15) is 0 Å². The molecular formula is C20H29N3O6S. The van der Waals surface area contributed by atoms with Crippen molar-refractivity contribution in [2.75, 3.05) is 19.7 Å². The van der Waals surface area contributed by atoms with Crippen molar-refractivity contribution in [3.05, 3.63) is 10.6 Å². The average molecular weight is 440 g/mol. The van der Waals surface area contributed by atoms with Crippen LogP contribution in [0.3, 0.4) is 0 Å². The topological polar surface area (TPSA) is 136 Å². The van der Waals surface area contributed by atoms with Crippen LogP contribution in [0.1, 0.15) is 33.6 Å². The molecule has 2 saturated heterocycles. The Balaban J connectivity index is 1.72. The highest BCUT2D eigenvalue weighted by Crippen LogP contribution is 2.53. The van der Waals surface area contributed by atoms with Gasteiger partial charge in [0.15, 0.2) is 0 Å². The molecule has 6 atom stereocenters. The minimum Gasteiger partial charge on any atom is -0.477 e. The van der Waals surface area contributed by atoms with Crippen LogP contribution in [0.2, 0.25) is 0 Å². The summed E-state index contributed by atoms with van der Waals surface area (Å²) in [5.41, 5.74) is 0.0435. The maximum absolute atomic E-state index is 12.8. The van der Waals surface area contributed by atoms with Crippen molar-refractivity contribution in [1.82, 2.24) is 15.5 Å². The lowest BCUT2D eigenvalue weighted by atomic mass is 9.73. The van der Waals surface area contributed by atoms with E-state index >= 15 is 0 Å². The summed E-state index contributed by atoms with van der Waals surface area (Å²) in [4.78, 5) is 50.4. The van der Waals surface area contributed by atoms with Crippen LogP contribution in [-0.4, -0.2) is 75.7 Å². The van der Waals surface area contributed by atoms with Crippen molar-refractivity contribution in [1.29, 1.82) is 0 Å². The molecule has 0 saturated carbocycles. The molecule has 2 amide bonds. The number of aliphatic carboxylic acids is 1. The first kappa shape index (κ1) is 22.8. The second kappa shape index (κ2) is 9.07. The third-order valence-corrected chi connectivity index (χ3v) is 7.64. The summed E-state index contributed by atoms with van der Waals surface area (Å²) in [6, 6.07) is -0.625. The lowest BCUT2D eigenvalue weighted by molar-refractivity contribution is -0.160. The van der Waals surface area contributed by atoms with Gasteiger partial charge >= 0.3 is 5.97 Å². The summed E-state index contributed by atoms with van der Waals surface area (Å²) < 4.78 is 0. The quantitative estimate of drug-likeness (QED) is 0.367. The molecule has 0 aliphatic carbocycles. The van der Waals surface area contributed by atoms with Crippen molar-refractivity contribution in [2.24, 2.45) is 17.8 Å². The molecule has 0 aromatic carbocycles. The Labute approximate surface area is 179 Å². The van der Waals surface area contributed by atoms with Crippen molar-refractivity contribution in [2.45, 2.75) is 50.9 Å². The minimum absolute atomic E-state index is 0.00331. The fourth-order valence-corrected chi connectivity index (χ4v) is 6.30. The zero-order valence-corrected chi connectivity index (χ0v) is 18.2. The molecule has 4 N–H and O–H groups in total. The summed E-state index contributed by atoms with van der Waals surface area (Å²) in [5, 5.41) is 24.4. The average Bonchev–Trinajstić information content (AvgIpc) is 3.22. The van der Waals surface area contributed by atoms with Gasteiger partial charge in [0.05, 0.1) is 24.6 Å². The van der Waals surface area contributed by atoms with E-state index in [4.69, 9.17) is 5.11 Å². The molecule has 2 fully saturated rings. The van der Waals surface area contributed by atoms with Crippen LogP contribution in [0, 0.1) is 17.8 Å². The summed E-state index contributed by atoms with van der Waals surface area (Å²) >= 11 is 1.43. The Hall–Kier alpha value is -1.91. The van der Waals surface area contributed by atoms with Gasteiger partial charge in [0.1, 0.15) is 11.5 Å². The van der Waals surface area contributed by atoms with Gasteiger partial charge in [-0.3, -0.25) is 9.59 Å². The van der Waals surface area contributed by atoms with Crippen molar-refractivity contribution < 1.29 is 29.4 Å². The molecule has 0 unspecified atom stereocenters.